The highest BCUT2D eigenvalue weighted by Crippen LogP contribution is 2.39. The van der Waals surface area contributed by atoms with Crippen LogP contribution < -0.4 is 10.1 Å². The molecule has 1 aliphatic rings. The molecule has 1 N–H and O–H groups in total. The van der Waals surface area contributed by atoms with Gasteiger partial charge in [0.1, 0.15) is 30.3 Å². The van der Waals surface area contributed by atoms with E-state index in [2.05, 4.69) is 31.2 Å². The second-order valence-corrected chi connectivity index (χ2v) is 13.5. The molecular formula is C31H32BrFN4O5S. The number of hydrogen-bond donors (Lipinski definition) is 1. The Morgan fingerprint density at radius 3 is 2.77 bits per heavy atom. The van der Waals surface area contributed by atoms with E-state index in [0.29, 0.717) is 43.0 Å². The fourth-order valence-electron chi connectivity index (χ4n) is 4.74. The number of anilines is 2. The van der Waals surface area contributed by atoms with Crippen LogP contribution in [-0.2, 0) is 31.5 Å². The number of fused-ring (bicyclic) bond motifs is 1. The Morgan fingerprint density at radius 1 is 1.12 bits per heavy atom. The van der Waals surface area contributed by atoms with Crippen LogP contribution in [0.3, 0.4) is 0 Å². The molecule has 2 aromatic heterocycles. The SMILES string of the molecule is CCS(=O)(=O)CCOCCCC1(c2cc3c(Nc4ccc(OCc5cccc(F)c5)c(Br)c4)ncnc3cn2)CC=CO1. The zero-order valence-corrected chi connectivity index (χ0v) is 26.0. The summed E-state index contributed by atoms with van der Waals surface area (Å²) in [4.78, 5) is 13.6. The number of aromatic nitrogens is 3. The van der Waals surface area contributed by atoms with Crippen molar-refractivity contribution in [1.29, 1.82) is 0 Å². The van der Waals surface area contributed by atoms with Crippen LogP contribution in [0.25, 0.3) is 10.9 Å². The predicted octanol–water partition coefficient (Wildman–Crippen LogP) is 6.61. The van der Waals surface area contributed by atoms with Crippen molar-refractivity contribution in [2.45, 2.75) is 38.4 Å². The van der Waals surface area contributed by atoms with Gasteiger partial charge < -0.3 is 19.5 Å². The summed E-state index contributed by atoms with van der Waals surface area (Å²) in [7, 11) is -3.05. The first-order valence-electron chi connectivity index (χ1n) is 13.9. The molecule has 5 rings (SSSR count). The summed E-state index contributed by atoms with van der Waals surface area (Å²) in [5, 5.41) is 4.15. The molecule has 9 nitrogen and oxygen atoms in total. The molecule has 0 saturated heterocycles. The fourth-order valence-corrected chi connectivity index (χ4v) is 5.89. The van der Waals surface area contributed by atoms with E-state index in [1.165, 1.54) is 18.5 Å². The van der Waals surface area contributed by atoms with Gasteiger partial charge >= 0.3 is 0 Å². The van der Waals surface area contributed by atoms with Crippen molar-refractivity contribution in [3.05, 3.63) is 94.9 Å². The van der Waals surface area contributed by atoms with Crippen LogP contribution in [0.2, 0.25) is 0 Å². The van der Waals surface area contributed by atoms with E-state index < -0.39 is 15.4 Å². The standard InChI is InChI=1S/C31H32BrFN4O5S/c1-2-43(38,39)15-14-40-12-4-10-31(11-5-13-42-31)29-18-25-27(19-34-29)35-21-36-30(25)37-24-8-9-28(26(32)17-24)41-20-22-6-3-7-23(33)16-22/h3,5-9,13,16-19,21H,2,4,10-12,14-15,20H2,1H3,(H,35,36,37). The van der Waals surface area contributed by atoms with Gasteiger partial charge in [0.05, 0.1) is 40.5 Å². The van der Waals surface area contributed by atoms with Crippen LogP contribution in [0, 0.1) is 5.82 Å². The molecule has 226 valence electrons. The molecular weight excluding hydrogens is 639 g/mol. The molecule has 0 bridgehead atoms. The number of pyridine rings is 1. The molecule has 43 heavy (non-hydrogen) atoms. The number of nitrogens with zero attached hydrogens (tertiary/aromatic N) is 3. The van der Waals surface area contributed by atoms with Crippen molar-refractivity contribution in [3.63, 3.8) is 0 Å². The zero-order valence-electron chi connectivity index (χ0n) is 23.6. The maximum atomic E-state index is 13.5. The molecule has 0 aliphatic carbocycles. The number of nitrogens with one attached hydrogen (secondary N) is 1. The van der Waals surface area contributed by atoms with Crippen LogP contribution in [0.1, 0.15) is 37.4 Å². The first-order valence-corrected chi connectivity index (χ1v) is 16.5. The Bertz CT molecular complexity index is 1710. The van der Waals surface area contributed by atoms with Gasteiger partial charge in [-0.1, -0.05) is 19.1 Å². The van der Waals surface area contributed by atoms with Crippen LogP contribution >= 0.6 is 15.9 Å². The molecule has 2 aromatic carbocycles. The lowest BCUT2D eigenvalue weighted by atomic mass is 9.90. The van der Waals surface area contributed by atoms with Gasteiger partial charge in [0, 0.05) is 29.9 Å². The summed E-state index contributed by atoms with van der Waals surface area (Å²) < 4.78 is 55.2. The van der Waals surface area contributed by atoms with Crippen molar-refractivity contribution in [1.82, 2.24) is 15.0 Å². The van der Waals surface area contributed by atoms with Crippen molar-refractivity contribution in [3.8, 4) is 5.75 Å². The molecule has 3 heterocycles. The lowest BCUT2D eigenvalue weighted by Gasteiger charge is -2.28. The molecule has 1 unspecified atom stereocenters. The number of halogens is 2. The molecule has 0 fully saturated rings. The third-order valence-corrected chi connectivity index (χ3v) is 9.44. The molecule has 1 aliphatic heterocycles. The van der Waals surface area contributed by atoms with Gasteiger partial charge in [0.2, 0.25) is 0 Å². The zero-order chi connectivity index (χ0) is 30.3. The maximum Gasteiger partial charge on any atom is 0.153 e. The summed E-state index contributed by atoms with van der Waals surface area (Å²) in [6.45, 7) is 2.47. The summed E-state index contributed by atoms with van der Waals surface area (Å²) in [5.74, 6) is 1.06. The van der Waals surface area contributed by atoms with Crippen LogP contribution in [0.15, 0.2) is 77.9 Å². The van der Waals surface area contributed by atoms with E-state index in [1.54, 1.807) is 25.4 Å². The number of hydrogen-bond acceptors (Lipinski definition) is 9. The first-order chi connectivity index (χ1) is 20.8. The van der Waals surface area contributed by atoms with Crippen LogP contribution in [0.4, 0.5) is 15.9 Å². The normalized spacial score (nSPS) is 16.3. The van der Waals surface area contributed by atoms with Crippen LogP contribution in [-0.4, -0.2) is 48.1 Å². The van der Waals surface area contributed by atoms with E-state index in [1.807, 2.05) is 36.4 Å². The Kier molecular flexibility index (Phi) is 9.89. The average molecular weight is 672 g/mol. The van der Waals surface area contributed by atoms with Gasteiger partial charge in [-0.15, -0.1) is 0 Å². The Balaban J connectivity index is 1.28. The van der Waals surface area contributed by atoms with Gasteiger partial charge in [-0.25, -0.2) is 22.8 Å². The molecule has 0 saturated carbocycles. The van der Waals surface area contributed by atoms with Crippen molar-refractivity contribution in [2.75, 3.05) is 30.0 Å². The Labute approximate surface area is 258 Å². The predicted molar refractivity (Wildman–Crippen MR) is 166 cm³/mol. The largest absolute Gasteiger partial charge is 0.489 e. The molecule has 0 radical (unpaired) electrons. The minimum atomic E-state index is -3.05. The van der Waals surface area contributed by atoms with Crippen molar-refractivity contribution >= 4 is 48.2 Å². The maximum absolute atomic E-state index is 13.5. The van der Waals surface area contributed by atoms with Crippen LogP contribution in [0.5, 0.6) is 5.75 Å². The van der Waals surface area contributed by atoms with E-state index in [0.717, 1.165) is 26.8 Å². The highest BCUT2D eigenvalue weighted by atomic mass is 79.9. The van der Waals surface area contributed by atoms with E-state index in [9.17, 15) is 12.8 Å². The van der Waals surface area contributed by atoms with Crippen molar-refractivity contribution in [2.24, 2.45) is 0 Å². The summed E-state index contributed by atoms with van der Waals surface area (Å²) >= 11 is 3.57. The summed E-state index contributed by atoms with van der Waals surface area (Å²) in [6, 6.07) is 13.8. The molecule has 1 atom stereocenters. The number of ether oxygens (including phenoxy) is 3. The lowest BCUT2D eigenvalue weighted by molar-refractivity contribution is 0.0173. The highest BCUT2D eigenvalue weighted by molar-refractivity contribution is 9.10. The minimum Gasteiger partial charge on any atom is -0.489 e. The lowest BCUT2D eigenvalue weighted by Crippen LogP contribution is -2.27. The number of benzene rings is 2. The number of sulfone groups is 1. The van der Waals surface area contributed by atoms with E-state index in [-0.39, 0.29) is 30.5 Å². The summed E-state index contributed by atoms with van der Waals surface area (Å²) in [6.07, 6.45) is 8.82. The quantitative estimate of drug-likeness (QED) is 0.148. The Hall–Kier alpha value is -3.61. The monoisotopic (exact) mass is 670 g/mol. The number of rotatable bonds is 14. The van der Waals surface area contributed by atoms with Gasteiger partial charge in [-0.05, 0) is 76.8 Å². The Morgan fingerprint density at radius 2 is 2.00 bits per heavy atom. The molecule has 0 amide bonds. The molecule has 12 heteroatoms. The summed E-state index contributed by atoms with van der Waals surface area (Å²) in [5.41, 5.74) is 2.28. The van der Waals surface area contributed by atoms with Gasteiger partial charge in [0.25, 0.3) is 0 Å². The van der Waals surface area contributed by atoms with E-state index >= 15 is 0 Å². The molecule has 0 spiro atoms. The molecule has 4 aromatic rings. The third kappa shape index (κ3) is 7.87. The second kappa shape index (κ2) is 13.8. The smallest absolute Gasteiger partial charge is 0.153 e. The first kappa shape index (κ1) is 30.8. The van der Waals surface area contributed by atoms with Gasteiger partial charge in [-0.3, -0.25) is 4.98 Å². The van der Waals surface area contributed by atoms with E-state index in [4.69, 9.17) is 19.2 Å². The third-order valence-electron chi connectivity index (χ3n) is 7.15. The second-order valence-electron chi connectivity index (χ2n) is 10.1. The average Bonchev–Trinajstić information content (AvgIpc) is 3.48. The van der Waals surface area contributed by atoms with Crippen molar-refractivity contribution < 1.29 is 27.0 Å². The topological polar surface area (TPSA) is 113 Å². The minimum absolute atomic E-state index is 0.0238. The fraction of sp³-hybridized carbons (Fsp3) is 0.323. The van der Waals surface area contributed by atoms with Gasteiger partial charge in [0.15, 0.2) is 15.4 Å². The highest BCUT2D eigenvalue weighted by Gasteiger charge is 2.36. The van der Waals surface area contributed by atoms with Gasteiger partial charge in [-0.2, -0.15) is 0 Å².